The quantitative estimate of drug-likeness (QED) is 0.478. The van der Waals surface area contributed by atoms with E-state index < -0.39 is 28.5 Å². The van der Waals surface area contributed by atoms with E-state index in [9.17, 15) is 18.0 Å². The Kier molecular flexibility index (Phi) is 10.1. The Morgan fingerprint density at radius 2 is 1.71 bits per heavy atom. The third-order valence-electron chi connectivity index (χ3n) is 5.72. The average molecular weight is 504 g/mol. The number of carbonyl (C=O) groups excluding carboxylic acids is 2. The lowest BCUT2D eigenvalue weighted by Gasteiger charge is -2.32. The van der Waals surface area contributed by atoms with Gasteiger partial charge < -0.3 is 15.0 Å². The van der Waals surface area contributed by atoms with Gasteiger partial charge in [-0.15, -0.1) is 0 Å². The van der Waals surface area contributed by atoms with Gasteiger partial charge in [0.05, 0.1) is 18.6 Å². The molecule has 1 N–H and O–H groups in total. The van der Waals surface area contributed by atoms with Crippen molar-refractivity contribution in [3.8, 4) is 5.75 Å². The molecule has 0 unspecified atom stereocenters. The molecule has 9 heteroatoms. The minimum atomic E-state index is -3.78. The molecular formula is C26H37N3O5S. The Hall–Kier alpha value is -3.07. The van der Waals surface area contributed by atoms with Crippen molar-refractivity contribution in [3.63, 3.8) is 0 Å². The van der Waals surface area contributed by atoms with Gasteiger partial charge in [0.25, 0.3) is 0 Å². The molecule has 2 aromatic rings. The number of nitrogens with zero attached hydrogens (tertiary/aromatic N) is 2. The maximum absolute atomic E-state index is 13.5. The highest BCUT2D eigenvalue weighted by atomic mass is 32.2. The first kappa shape index (κ1) is 28.2. The van der Waals surface area contributed by atoms with Crippen LogP contribution in [0.3, 0.4) is 0 Å². The van der Waals surface area contributed by atoms with Gasteiger partial charge in [-0.25, -0.2) is 8.42 Å². The zero-order valence-corrected chi connectivity index (χ0v) is 22.3. The van der Waals surface area contributed by atoms with Gasteiger partial charge in [0.1, 0.15) is 18.3 Å². The van der Waals surface area contributed by atoms with Crippen molar-refractivity contribution < 1.29 is 22.7 Å². The number of ether oxygens (including phenoxy) is 1. The molecule has 2 atom stereocenters. The third kappa shape index (κ3) is 8.28. The van der Waals surface area contributed by atoms with Gasteiger partial charge in [0, 0.05) is 12.6 Å². The second kappa shape index (κ2) is 12.6. The van der Waals surface area contributed by atoms with Crippen molar-refractivity contribution in [1.82, 2.24) is 10.2 Å². The summed E-state index contributed by atoms with van der Waals surface area (Å²) in [6.45, 7) is 9.56. The van der Waals surface area contributed by atoms with E-state index in [0.717, 1.165) is 28.1 Å². The number of sulfonamides is 1. The van der Waals surface area contributed by atoms with Gasteiger partial charge in [-0.05, 0) is 63.9 Å². The first-order valence-corrected chi connectivity index (χ1v) is 13.7. The molecule has 192 valence electrons. The maximum atomic E-state index is 13.5. The Balaban J connectivity index is 2.36. The standard InChI is InChI=1S/C26H37N3O5S/c1-7-20(4)27-26(31)21(5)28(17-22-11-9-10-19(3)16-22)25(30)18-29(35(6,32)33)23-12-14-24(15-13-23)34-8-2/h9-16,20-21H,7-8,17-18H2,1-6H3,(H,27,31)/t20-,21-/m1/s1. The molecule has 35 heavy (non-hydrogen) atoms. The molecule has 2 aromatic carbocycles. The molecule has 0 aliphatic carbocycles. The third-order valence-corrected chi connectivity index (χ3v) is 6.86. The predicted molar refractivity (Wildman–Crippen MR) is 139 cm³/mol. The van der Waals surface area contributed by atoms with E-state index in [1.165, 1.54) is 4.90 Å². The number of benzene rings is 2. The number of aryl methyl sites for hydroxylation is 1. The summed E-state index contributed by atoms with van der Waals surface area (Å²) < 4.78 is 31.8. The molecule has 0 aliphatic heterocycles. The van der Waals surface area contributed by atoms with Gasteiger partial charge in [0.15, 0.2) is 0 Å². The molecular weight excluding hydrogens is 466 g/mol. The first-order valence-electron chi connectivity index (χ1n) is 11.8. The average Bonchev–Trinajstić information content (AvgIpc) is 2.80. The van der Waals surface area contributed by atoms with E-state index in [0.29, 0.717) is 18.0 Å². The number of anilines is 1. The Bertz CT molecular complexity index is 1100. The highest BCUT2D eigenvalue weighted by molar-refractivity contribution is 7.92. The van der Waals surface area contributed by atoms with Crippen LogP contribution in [0.5, 0.6) is 5.75 Å². The van der Waals surface area contributed by atoms with Gasteiger partial charge in [0.2, 0.25) is 21.8 Å². The van der Waals surface area contributed by atoms with Crippen LogP contribution in [-0.4, -0.2) is 56.6 Å². The minimum Gasteiger partial charge on any atom is -0.494 e. The first-order chi connectivity index (χ1) is 16.5. The molecule has 8 nitrogen and oxygen atoms in total. The molecule has 0 bridgehead atoms. The summed E-state index contributed by atoms with van der Waals surface area (Å²) in [6, 6.07) is 13.4. The predicted octanol–water partition coefficient (Wildman–Crippen LogP) is 3.49. The number of carbonyl (C=O) groups is 2. The molecule has 2 rings (SSSR count). The van der Waals surface area contributed by atoms with Crippen LogP contribution in [0, 0.1) is 6.92 Å². The van der Waals surface area contributed by atoms with Crippen LogP contribution in [-0.2, 0) is 26.2 Å². The van der Waals surface area contributed by atoms with E-state index >= 15 is 0 Å². The zero-order valence-electron chi connectivity index (χ0n) is 21.4. The van der Waals surface area contributed by atoms with Crippen LogP contribution < -0.4 is 14.4 Å². The SMILES string of the molecule is CCOc1ccc(N(CC(=O)N(Cc2cccc(C)c2)[C@H](C)C(=O)N[C@H](C)CC)S(C)(=O)=O)cc1. The van der Waals surface area contributed by atoms with Crippen LogP contribution in [0.4, 0.5) is 5.69 Å². The van der Waals surface area contributed by atoms with E-state index in [2.05, 4.69) is 5.32 Å². The highest BCUT2D eigenvalue weighted by Gasteiger charge is 2.30. The van der Waals surface area contributed by atoms with Crippen molar-refractivity contribution >= 4 is 27.5 Å². The maximum Gasteiger partial charge on any atom is 0.244 e. The van der Waals surface area contributed by atoms with Gasteiger partial charge >= 0.3 is 0 Å². The zero-order chi connectivity index (χ0) is 26.2. The molecule has 0 fully saturated rings. The summed E-state index contributed by atoms with van der Waals surface area (Å²) >= 11 is 0. The highest BCUT2D eigenvalue weighted by Crippen LogP contribution is 2.22. The van der Waals surface area contributed by atoms with E-state index in [1.807, 2.05) is 52.0 Å². The number of rotatable bonds is 12. The van der Waals surface area contributed by atoms with Crippen LogP contribution >= 0.6 is 0 Å². The fourth-order valence-electron chi connectivity index (χ4n) is 3.54. The molecule has 0 radical (unpaired) electrons. The lowest BCUT2D eigenvalue weighted by Crippen LogP contribution is -2.52. The number of hydrogen-bond donors (Lipinski definition) is 1. The fraction of sp³-hybridized carbons (Fsp3) is 0.462. The lowest BCUT2D eigenvalue weighted by atomic mass is 10.1. The Labute approximate surface area is 209 Å². The van der Waals surface area contributed by atoms with Crippen molar-refractivity contribution in [2.45, 2.75) is 59.7 Å². The van der Waals surface area contributed by atoms with Crippen molar-refractivity contribution in [3.05, 3.63) is 59.7 Å². The second-order valence-electron chi connectivity index (χ2n) is 8.70. The molecule has 2 amide bonds. The topological polar surface area (TPSA) is 96.0 Å². The fourth-order valence-corrected chi connectivity index (χ4v) is 4.39. The number of nitrogens with one attached hydrogen (secondary N) is 1. The smallest absolute Gasteiger partial charge is 0.244 e. The summed E-state index contributed by atoms with van der Waals surface area (Å²) in [5.74, 6) is -0.155. The summed E-state index contributed by atoms with van der Waals surface area (Å²) in [7, 11) is -3.78. The molecule has 0 spiro atoms. The van der Waals surface area contributed by atoms with Gasteiger partial charge in [-0.3, -0.25) is 13.9 Å². The molecule has 0 aliphatic rings. The summed E-state index contributed by atoms with van der Waals surface area (Å²) in [5.41, 5.74) is 2.23. The molecule has 0 saturated carbocycles. The lowest BCUT2D eigenvalue weighted by molar-refractivity contribution is -0.139. The van der Waals surface area contributed by atoms with Crippen molar-refractivity contribution in [2.75, 3.05) is 23.7 Å². The van der Waals surface area contributed by atoms with E-state index in [4.69, 9.17) is 4.74 Å². The molecule has 0 heterocycles. The monoisotopic (exact) mass is 503 g/mol. The van der Waals surface area contributed by atoms with Crippen molar-refractivity contribution in [2.24, 2.45) is 0 Å². The van der Waals surface area contributed by atoms with Crippen molar-refractivity contribution in [1.29, 1.82) is 0 Å². The summed E-state index contributed by atoms with van der Waals surface area (Å²) in [4.78, 5) is 27.9. The number of amides is 2. The minimum absolute atomic E-state index is 0.0442. The Morgan fingerprint density at radius 3 is 2.26 bits per heavy atom. The summed E-state index contributed by atoms with van der Waals surface area (Å²) in [5, 5.41) is 2.92. The van der Waals surface area contributed by atoms with Crippen LogP contribution in [0.25, 0.3) is 0 Å². The van der Waals surface area contributed by atoms with E-state index in [1.54, 1.807) is 31.2 Å². The molecule has 0 aromatic heterocycles. The second-order valence-corrected chi connectivity index (χ2v) is 10.6. The van der Waals surface area contributed by atoms with Crippen LogP contribution in [0.1, 0.15) is 45.2 Å². The normalized spacial score (nSPS) is 13.0. The molecule has 0 saturated heterocycles. The number of hydrogen-bond acceptors (Lipinski definition) is 5. The summed E-state index contributed by atoms with van der Waals surface area (Å²) in [6.07, 6.45) is 1.81. The largest absolute Gasteiger partial charge is 0.494 e. The van der Waals surface area contributed by atoms with Crippen LogP contribution in [0.2, 0.25) is 0 Å². The van der Waals surface area contributed by atoms with E-state index in [-0.39, 0.29) is 18.5 Å². The Morgan fingerprint density at radius 1 is 1.06 bits per heavy atom. The van der Waals surface area contributed by atoms with Gasteiger partial charge in [-0.1, -0.05) is 36.8 Å². The van der Waals surface area contributed by atoms with Crippen LogP contribution in [0.15, 0.2) is 48.5 Å². The van der Waals surface area contributed by atoms with Gasteiger partial charge in [-0.2, -0.15) is 0 Å².